The summed E-state index contributed by atoms with van der Waals surface area (Å²) in [4.78, 5) is 4.28. The molecule has 0 saturated heterocycles. The SMILES string of the molecule is OCc1cc(-c2ccc(Cl)c(Cl)c2)n(-c2ccccn2)n1. The van der Waals surface area contributed by atoms with E-state index in [0.29, 0.717) is 21.6 Å². The lowest BCUT2D eigenvalue weighted by Crippen LogP contribution is -2.01. The Kier molecular flexibility index (Phi) is 3.92. The molecule has 0 aliphatic rings. The van der Waals surface area contributed by atoms with Gasteiger partial charge in [0.15, 0.2) is 5.82 Å². The largest absolute Gasteiger partial charge is 0.390 e. The zero-order chi connectivity index (χ0) is 14.8. The molecule has 0 fully saturated rings. The molecule has 2 aromatic heterocycles. The van der Waals surface area contributed by atoms with Gasteiger partial charge in [-0.25, -0.2) is 9.67 Å². The first kappa shape index (κ1) is 14.1. The van der Waals surface area contributed by atoms with E-state index in [9.17, 15) is 5.11 Å². The standard InChI is InChI=1S/C15H11Cl2N3O/c16-12-5-4-10(7-13(12)17)14-8-11(9-21)19-20(14)15-3-1-2-6-18-15/h1-8,21H,9H2. The lowest BCUT2D eigenvalue weighted by molar-refractivity contribution is 0.276. The minimum atomic E-state index is -0.145. The Morgan fingerprint density at radius 1 is 1.05 bits per heavy atom. The fraction of sp³-hybridized carbons (Fsp3) is 0.0667. The quantitative estimate of drug-likeness (QED) is 0.800. The van der Waals surface area contributed by atoms with Crippen LogP contribution in [0.15, 0.2) is 48.7 Å². The zero-order valence-electron chi connectivity index (χ0n) is 10.9. The van der Waals surface area contributed by atoms with Gasteiger partial charge in [0.1, 0.15) is 0 Å². The molecule has 0 bridgehead atoms. The molecule has 1 N–H and O–H groups in total. The Labute approximate surface area is 131 Å². The minimum absolute atomic E-state index is 0.145. The highest BCUT2D eigenvalue weighted by molar-refractivity contribution is 6.42. The molecule has 0 aliphatic carbocycles. The van der Waals surface area contributed by atoms with Crippen LogP contribution in [0.1, 0.15) is 5.69 Å². The molecule has 0 atom stereocenters. The van der Waals surface area contributed by atoms with Crippen LogP contribution in [-0.2, 0) is 6.61 Å². The molecule has 2 heterocycles. The lowest BCUT2D eigenvalue weighted by Gasteiger charge is -2.07. The predicted molar refractivity (Wildman–Crippen MR) is 82.7 cm³/mol. The number of hydrogen-bond donors (Lipinski definition) is 1. The molecule has 0 amide bonds. The number of hydrogen-bond acceptors (Lipinski definition) is 3. The van der Waals surface area contributed by atoms with Gasteiger partial charge in [-0.1, -0.05) is 35.3 Å². The van der Waals surface area contributed by atoms with Gasteiger partial charge in [0.25, 0.3) is 0 Å². The summed E-state index contributed by atoms with van der Waals surface area (Å²) < 4.78 is 1.67. The van der Waals surface area contributed by atoms with Gasteiger partial charge in [0.2, 0.25) is 0 Å². The molecule has 21 heavy (non-hydrogen) atoms. The van der Waals surface area contributed by atoms with E-state index in [1.165, 1.54) is 0 Å². The molecule has 0 spiro atoms. The van der Waals surface area contributed by atoms with Crippen molar-refractivity contribution in [2.45, 2.75) is 6.61 Å². The summed E-state index contributed by atoms with van der Waals surface area (Å²) in [5.41, 5.74) is 2.19. The monoisotopic (exact) mass is 319 g/mol. The van der Waals surface area contributed by atoms with Crippen LogP contribution in [0.4, 0.5) is 0 Å². The molecular formula is C15H11Cl2N3O. The number of aromatic nitrogens is 3. The smallest absolute Gasteiger partial charge is 0.153 e. The van der Waals surface area contributed by atoms with Crippen LogP contribution in [0.2, 0.25) is 10.0 Å². The maximum atomic E-state index is 9.32. The first-order valence-corrected chi connectivity index (χ1v) is 7.01. The fourth-order valence-electron chi connectivity index (χ4n) is 2.02. The van der Waals surface area contributed by atoms with Crippen LogP contribution in [0.3, 0.4) is 0 Å². The average Bonchev–Trinajstić information content (AvgIpc) is 2.95. The second-order valence-corrected chi connectivity index (χ2v) is 5.22. The Bertz CT molecular complexity index is 772. The zero-order valence-corrected chi connectivity index (χ0v) is 12.4. The number of aliphatic hydroxyl groups is 1. The summed E-state index contributed by atoms with van der Waals surface area (Å²) in [5.74, 6) is 0.665. The van der Waals surface area contributed by atoms with E-state index in [-0.39, 0.29) is 6.61 Å². The highest BCUT2D eigenvalue weighted by Gasteiger charge is 2.13. The van der Waals surface area contributed by atoms with Gasteiger partial charge in [-0.3, -0.25) is 0 Å². The van der Waals surface area contributed by atoms with Crippen LogP contribution < -0.4 is 0 Å². The van der Waals surface area contributed by atoms with Crippen molar-refractivity contribution >= 4 is 23.2 Å². The summed E-state index contributed by atoms with van der Waals surface area (Å²) in [6.07, 6.45) is 1.69. The summed E-state index contributed by atoms with van der Waals surface area (Å²) in [6.45, 7) is -0.145. The van der Waals surface area contributed by atoms with Crippen molar-refractivity contribution < 1.29 is 5.11 Å². The van der Waals surface area contributed by atoms with Gasteiger partial charge >= 0.3 is 0 Å². The molecule has 1 aromatic carbocycles. The fourth-order valence-corrected chi connectivity index (χ4v) is 2.32. The number of rotatable bonds is 3. The van der Waals surface area contributed by atoms with Crippen molar-refractivity contribution in [2.75, 3.05) is 0 Å². The van der Waals surface area contributed by atoms with Gasteiger partial charge in [0.05, 0.1) is 28.0 Å². The maximum Gasteiger partial charge on any atom is 0.153 e. The summed E-state index contributed by atoms with van der Waals surface area (Å²) in [6, 6.07) is 12.7. The maximum absolute atomic E-state index is 9.32. The van der Waals surface area contributed by atoms with E-state index in [1.807, 2.05) is 24.3 Å². The molecule has 0 radical (unpaired) electrons. The molecule has 106 valence electrons. The Morgan fingerprint density at radius 3 is 2.57 bits per heavy atom. The number of halogens is 2. The van der Waals surface area contributed by atoms with Crippen LogP contribution in [0.25, 0.3) is 17.1 Å². The molecule has 4 nitrogen and oxygen atoms in total. The Balaban J connectivity index is 2.17. The van der Waals surface area contributed by atoms with Crippen molar-refractivity contribution in [3.05, 3.63) is 64.4 Å². The van der Waals surface area contributed by atoms with Gasteiger partial charge < -0.3 is 5.11 Å². The first-order chi connectivity index (χ1) is 10.2. The third kappa shape index (κ3) is 2.78. The topological polar surface area (TPSA) is 50.9 Å². The van der Waals surface area contributed by atoms with E-state index in [0.717, 1.165) is 11.3 Å². The van der Waals surface area contributed by atoms with Gasteiger partial charge in [-0.15, -0.1) is 0 Å². The van der Waals surface area contributed by atoms with Crippen molar-refractivity contribution in [3.63, 3.8) is 0 Å². The molecule has 3 aromatic rings. The van der Waals surface area contributed by atoms with Crippen LogP contribution in [0, 0.1) is 0 Å². The van der Waals surface area contributed by atoms with Crippen molar-refractivity contribution in [3.8, 4) is 17.1 Å². The minimum Gasteiger partial charge on any atom is -0.390 e. The van der Waals surface area contributed by atoms with Gasteiger partial charge in [-0.05, 0) is 30.3 Å². The average molecular weight is 320 g/mol. The van der Waals surface area contributed by atoms with E-state index >= 15 is 0 Å². The van der Waals surface area contributed by atoms with E-state index < -0.39 is 0 Å². The summed E-state index contributed by atoms with van der Waals surface area (Å²) in [7, 11) is 0. The Morgan fingerprint density at radius 2 is 1.90 bits per heavy atom. The number of pyridine rings is 1. The van der Waals surface area contributed by atoms with E-state index in [2.05, 4.69) is 10.1 Å². The third-order valence-corrected chi connectivity index (χ3v) is 3.74. The van der Waals surface area contributed by atoms with Crippen molar-refractivity contribution in [2.24, 2.45) is 0 Å². The number of benzene rings is 1. The van der Waals surface area contributed by atoms with Gasteiger partial charge in [-0.2, -0.15) is 5.10 Å². The summed E-state index contributed by atoms with van der Waals surface area (Å²) >= 11 is 12.0. The predicted octanol–water partition coefficient (Wildman–Crippen LogP) is 3.73. The van der Waals surface area contributed by atoms with Crippen molar-refractivity contribution in [1.29, 1.82) is 0 Å². The normalized spacial score (nSPS) is 10.8. The molecule has 0 saturated carbocycles. The molecule has 0 unspecified atom stereocenters. The third-order valence-electron chi connectivity index (χ3n) is 3.00. The van der Waals surface area contributed by atoms with E-state index in [1.54, 1.807) is 29.1 Å². The second-order valence-electron chi connectivity index (χ2n) is 4.41. The van der Waals surface area contributed by atoms with E-state index in [4.69, 9.17) is 23.2 Å². The molecule has 3 rings (SSSR count). The first-order valence-electron chi connectivity index (χ1n) is 6.25. The second kappa shape index (κ2) is 5.85. The highest BCUT2D eigenvalue weighted by atomic mass is 35.5. The summed E-state index contributed by atoms with van der Waals surface area (Å²) in [5, 5.41) is 14.6. The van der Waals surface area contributed by atoms with Gasteiger partial charge in [0, 0.05) is 11.8 Å². The van der Waals surface area contributed by atoms with Crippen LogP contribution >= 0.6 is 23.2 Å². The highest BCUT2D eigenvalue weighted by Crippen LogP contribution is 2.30. The van der Waals surface area contributed by atoms with Crippen LogP contribution in [-0.4, -0.2) is 19.9 Å². The molecule has 6 heteroatoms. The molecule has 0 aliphatic heterocycles. The van der Waals surface area contributed by atoms with Crippen LogP contribution in [0.5, 0.6) is 0 Å². The molecular weight excluding hydrogens is 309 g/mol. The Hall–Kier alpha value is -1.88. The number of nitrogens with zero attached hydrogens (tertiary/aromatic N) is 3. The lowest BCUT2D eigenvalue weighted by atomic mass is 10.1. The number of aliphatic hydroxyl groups excluding tert-OH is 1. The van der Waals surface area contributed by atoms with Crippen molar-refractivity contribution in [1.82, 2.24) is 14.8 Å².